The van der Waals surface area contributed by atoms with Crippen molar-refractivity contribution in [1.82, 2.24) is 4.90 Å². The molecular formula is C26H27ClN2O2. The Morgan fingerprint density at radius 2 is 2.10 bits per heavy atom. The van der Waals surface area contributed by atoms with E-state index in [4.69, 9.17) is 16.0 Å². The van der Waals surface area contributed by atoms with Gasteiger partial charge in [0, 0.05) is 41.2 Å². The average Bonchev–Trinajstić information content (AvgIpc) is 3.16. The molecular weight excluding hydrogens is 408 g/mol. The van der Waals surface area contributed by atoms with Gasteiger partial charge in [-0.2, -0.15) is 0 Å². The predicted octanol–water partition coefficient (Wildman–Crippen LogP) is 6.39. The van der Waals surface area contributed by atoms with Crippen LogP contribution in [0.4, 0.5) is 5.88 Å². The number of ketones is 1. The third kappa shape index (κ3) is 3.79. The Hall–Kier alpha value is -2.56. The number of furan rings is 1. The lowest BCUT2D eigenvalue weighted by Gasteiger charge is -2.38. The van der Waals surface area contributed by atoms with Gasteiger partial charge in [-0.3, -0.25) is 9.69 Å². The van der Waals surface area contributed by atoms with Crippen LogP contribution in [-0.2, 0) is 0 Å². The molecule has 0 amide bonds. The van der Waals surface area contributed by atoms with E-state index in [1.165, 1.54) is 31.4 Å². The Labute approximate surface area is 187 Å². The van der Waals surface area contributed by atoms with E-state index in [0.717, 1.165) is 41.9 Å². The van der Waals surface area contributed by atoms with Crippen LogP contribution in [0, 0.1) is 0 Å². The number of anilines is 1. The Kier molecular flexibility index (Phi) is 5.59. The minimum absolute atomic E-state index is 0.0688. The van der Waals surface area contributed by atoms with Gasteiger partial charge in [0.15, 0.2) is 5.78 Å². The maximum atomic E-state index is 13.2. The van der Waals surface area contributed by atoms with Crippen LogP contribution in [0.5, 0.6) is 0 Å². The number of hydrogen-bond acceptors (Lipinski definition) is 4. The van der Waals surface area contributed by atoms with E-state index >= 15 is 0 Å². The summed E-state index contributed by atoms with van der Waals surface area (Å²) in [4.78, 5) is 15.8. The van der Waals surface area contributed by atoms with Crippen LogP contribution in [-0.4, -0.2) is 36.4 Å². The fourth-order valence-electron chi connectivity index (χ4n) is 4.94. The van der Waals surface area contributed by atoms with Crippen molar-refractivity contribution in [2.45, 2.75) is 38.6 Å². The lowest BCUT2D eigenvalue weighted by Crippen LogP contribution is -2.41. The second-order valence-corrected chi connectivity index (χ2v) is 8.84. The van der Waals surface area contributed by atoms with Crippen LogP contribution in [0.2, 0.25) is 5.02 Å². The maximum absolute atomic E-state index is 13.2. The van der Waals surface area contributed by atoms with E-state index in [1.807, 2.05) is 30.3 Å². The van der Waals surface area contributed by atoms with Gasteiger partial charge in [0.1, 0.15) is 5.58 Å². The number of carbonyl (C=O) groups excluding carboxylic acids is 1. The van der Waals surface area contributed by atoms with Crippen molar-refractivity contribution in [3.63, 3.8) is 0 Å². The molecule has 5 rings (SSSR count). The lowest BCUT2D eigenvalue weighted by atomic mass is 9.88. The number of carbonyl (C=O) groups is 1. The molecule has 2 aromatic carbocycles. The van der Waals surface area contributed by atoms with Gasteiger partial charge in [-0.05, 0) is 68.6 Å². The molecule has 31 heavy (non-hydrogen) atoms. The number of benzene rings is 2. The Morgan fingerprint density at radius 3 is 2.94 bits per heavy atom. The van der Waals surface area contributed by atoms with Gasteiger partial charge < -0.3 is 9.73 Å². The van der Waals surface area contributed by atoms with Gasteiger partial charge in [-0.15, -0.1) is 0 Å². The van der Waals surface area contributed by atoms with Gasteiger partial charge in [0.05, 0.1) is 5.02 Å². The number of nitrogens with zero attached hydrogens (tertiary/aromatic N) is 1. The summed E-state index contributed by atoms with van der Waals surface area (Å²) < 4.78 is 6.19. The molecule has 0 saturated carbocycles. The molecule has 5 heteroatoms. The second-order valence-electron chi connectivity index (χ2n) is 8.43. The van der Waals surface area contributed by atoms with Crippen molar-refractivity contribution in [2.75, 3.05) is 25.0 Å². The number of nitrogens with one attached hydrogen (secondary N) is 1. The Balaban J connectivity index is 1.59. The second kappa shape index (κ2) is 8.52. The predicted molar refractivity (Wildman–Crippen MR) is 127 cm³/mol. The molecule has 2 aliphatic heterocycles. The molecule has 160 valence electrons. The molecule has 0 radical (unpaired) electrons. The number of piperidine rings is 1. The van der Waals surface area contributed by atoms with E-state index in [0.29, 0.717) is 22.2 Å². The molecule has 2 aliphatic rings. The summed E-state index contributed by atoms with van der Waals surface area (Å²) in [7, 11) is 0. The topological polar surface area (TPSA) is 45.5 Å². The van der Waals surface area contributed by atoms with Crippen molar-refractivity contribution >= 4 is 39.8 Å². The molecule has 1 aromatic heterocycles. The molecule has 1 fully saturated rings. The van der Waals surface area contributed by atoms with Gasteiger partial charge >= 0.3 is 0 Å². The number of fused-ring (bicyclic) bond motifs is 2. The molecule has 0 spiro atoms. The highest BCUT2D eigenvalue weighted by Gasteiger charge is 2.29. The zero-order valence-electron chi connectivity index (χ0n) is 17.8. The number of hydrogen-bond donors (Lipinski definition) is 1. The highest BCUT2D eigenvalue weighted by Crippen LogP contribution is 2.41. The van der Waals surface area contributed by atoms with Gasteiger partial charge in [-0.25, -0.2) is 0 Å². The third-order valence-electron chi connectivity index (χ3n) is 6.50. The van der Waals surface area contributed by atoms with Crippen LogP contribution < -0.4 is 5.32 Å². The molecule has 1 atom stereocenters. The van der Waals surface area contributed by atoms with E-state index in [-0.39, 0.29) is 5.78 Å². The van der Waals surface area contributed by atoms with Crippen LogP contribution in [0.25, 0.3) is 16.5 Å². The standard InChI is InChI=1S/C26H27ClN2O2/c1-2-28-26-24(17-12-14-29-13-6-5-7-19(29)15-17)21-16-18(10-11-23(21)31-26)25(30)20-8-3-4-9-22(20)27/h3-4,8-12,16,19,28H,2,5-7,13-15H2,1H3. The van der Waals surface area contributed by atoms with Gasteiger partial charge in [0.25, 0.3) is 0 Å². The zero-order chi connectivity index (χ0) is 21.4. The molecule has 0 aliphatic carbocycles. The molecule has 3 heterocycles. The fourth-order valence-corrected chi connectivity index (χ4v) is 5.17. The SMILES string of the molecule is CCNc1oc2ccc(C(=O)c3ccccc3Cl)cc2c1C1=CCN2CCCCC2C1. The highest BCUT2D eigenvalue weighted by atomic mass is 35.5. The van der Waals surface area contributed by atoms with Crippen LogP contribution in [0.3, 0.4) is 0 Å². The molecule has 1 N–H and O–H groups in total. The first-order chi connectivity index (χ1) is 15.2. The smallest absolute Gasteiger partial charge is 0.201 e. The zero-order valence-corrected chi connectivity index (χ0v) is 18.5. The van der Waals surface area contributed by atoms with E-state index in [1.54, 1.807) is 12.1 Å². The first-order valence-electron chi connectivity index (χ1n) is 11.2. The third-order valence-corrected chi connectivity index (χ3v) is 6.83. The van der Waals surface area contributed by atoms with Crippen LogP contribution >= 0.6 is 11.6 Å². The molecule has 1 saturated heterocycles. The monoisotopic (exact) mass is 434 g/mol. The summed E-state index contributed by atoms with van der Waals surface area (Å²) in [6.07, 6.45) is 7.22. The van der Waals surface area contributed by atoms with E-state index in [9.17, 15) is 4.79 Å². The quantitative estimate of drug-likeness (QED) is 0.472. The van der Waals surface area contributed by atoms with Crippen molar-refractivity contribution in [1.29, 1.82) is 0 Å². The summed E-state index contributed by atoms with van der Waals surface area (Å²) in [5.74, 6) is 0.732. The molecule has 4 nitrogen and oxygen atoms in total. The molecule has 3 aromatic rings. The lowest BCUT2D eigenvalue weighted by molar-refractivity contribution is 0.103. The number of halogens is 1. The first-order valence-corrected chi connectivity index (χ1v) is 11.6. The van der Waals surface area contributed by atoms with Gasteiger partial charge in [-0.1, -0.05) is 36.2 Å². The molecule has 1 unspecified atom stereocenters. The average molecular weight is 435 g/mol. The number of rotatable bonds is 5. The van der Waals surface area contributed by atoms with Gasteiger partial charge in [0.2, 0.25) is 5.88 Å². The van der Waals surface area contributed by atoms with Crippen molar-refractivity contribution < 1.29 is 9.21 Å². The fraction of sp³-hybridized carbons (Fsp3) is 0.346. The minimum Gasteiger partial charge on any atom is -0.440 e. The van der Waals surface area contributed by atoms with E-state index in [2.05, 4.69) is 23.2 Å². The van der Waals surface area contributed by atoms with Crippen molar-refractivity contribution in [3.8, 4) is 0 Å². The summed E-state index contributed by atoms with van der Waals surface area (Å²) in [6.45, 7) is 5.02. The molecule has 0 bridgehead atoms. The van der Waals surface area contributed by atoms with Crippen molar-refractivity contribution in [2.24, 2.45) is 0 Å². The summed E-state index contributed by atoms with van der Waals surface area (Å²) >= 11 is 6.29. The normalized spacial score (nSPS) is 19.2. The summed E-state index contributed by atoms with van der Waals surface area (Å²) in [5.41, 5.74) is 4.38. The van der Waals surface area contributed by atoms with Crippen LogP contribution in [0.15, 0.2) is 53.0 Å². The van der Waals surface area contributed by atoms with Crippen LogP contribution in [0.1, 0.15) is 54.1 Å². The summed E-state index contributed by atoms with van der Waals surface area (Å²) in [5, 5.41) is 4.86. The van der Waals surface area contributed by atoms with E-state index < -0.39 is 0 Å². The highest BCUT2D eigenvalue weighted by molar-refractivity contribution is 6.35. The maximum Gasteiger partial charge on any atom is 0.201 e. The Morgan fingerprint density at radius 1 is 1.23 bits per heavy atom. The minimum atomic E-state index is -0.0688. The summed E-state index contributed by atoms with van der Waals surface area (Å²) in [6, 6.07) is 13.5. The largest absolute Gasteiger partial charge is 0.440 e. The first kappa shape index (κ1) is 20.3. The van der Waals surface area contributed by atoms with Crippen molar-refractivity contribution in [3.05, 3.63) is 70.3 Å². The Bertz CT molecular complexity index is 1160.